The van der Waals surface area contributed by atoms with E-state index in [1.165, 1.54) is 29.0 Å². The SMILES string of the molecule is Cc1ccc(F)cc1-c1nc(N)c2c3c(sc2n1)CCC3. The third kappa shape index (κ3) is 1.92. The standard InChI is InChI=1S/C16H14FN3S/c1-8-5-6-9(17)7-11(8)15-19-14(18)13-10-3-2-4-12(10)21-16(13)20-15/h5-7H,2-4H2,1H3,(H2,18,19,20). The largest absolute Gasteiger partial charge is 0.383 e. The number of nitrogens with zero attached hydrogens (tertiary/aromatic N) is 2. The van der Waals surface area contributed by atoms with E-state index in [2.05, 4.69) is 9.97 Å². The second-order valence-electron chi connectivity index (χ2n) is 5.43. The van der Waals surface area contributed by atoms with Crippen LogP contribution in [0.1, 0.15) is 22.4 Å². The molecule has 0 unspecified atom stereocenters. The Morgan fingerprint density at radius 2 is 2.10 bits per heavy atom. The molecular formula is C16H14FN3S. The molecule has 0 atom stereocenters. The van der Waals surface area contributed by atoms with Crippen molar-refractivity contribution in [1.29, 1.82) is 0 Å². The number of thiophene rings is 1. The third-order valence-corrected chi connectivity index (χ3v) is 5.22. The van der Waals surface area contributed by atoms with Gasteiger partial charge in [-0.15, -0.1) is 11.3 Å². The van der Waals surface area contributed by atoms with Gasteiger partial charge >= 0.3 is 0 Å². The van der Waals surface area contributed by atoms with Crippen LogP contribution >= 0.6 is 11.3 Å². The molecule has 4 rings (SSSR count). The fourth-order valence-electron chi connectivity index (χ4n) is 2.98. The molecule has 2 heterocycles. The molecule has 0 fully saturated rings. The molecule has 0 saturated carbocycles. The van der Waals surface area contributed by atoms with Crippen LogP contribution in [-0.4, -0.2) is 9.97 Å². The van der Waals surface area contributed by atoms with Gasteiger partial charge in [0.15, 0.2) is 5.82 Å². The van der Waals surface area contributed by atoms with Crippen LogP contribution in [0.2, 0.25) is 0 Å². The van der Waals surface area contributed by atoms with Gasteiger partial charge in [-0.05, 0) is 49.4 Å². The zero-order valence-corrected chi connectivity index (χ0v) is 12.4. The molecule has 106 valence electrons. The highest BCUT2D eigenvalue weighted by molar-refractivity contribution is 7.19. The zero-order chi connectivity index (χ0) is 14.6. The number of rotatable bonds is 1. The summed E-state index contributed by atoms with van der Waals surface area (Å²) in [5, 5.41) is 1.00. The molecule has 1 aromatic carbocycles. The minimum Gasteiger partial charge on any atom is -0.383 e. The summed E-state index contributed by atoms with van der Waals surface area (Å²) in [5.74, 6) is 0.738. The smallest absolute Gasteiger partial charge is 0.163 e. The van der Waals surface area contributed by atoms with Crippen molar-refractivity contribution in [2.75, 3.05) is 5.73 Å². The van der Waals surface area contributed by atoms with Crippen LogP contribution in [0.3, 0.4) is 0 Å². The topological polar surface area (TPSA) is 51.8 Å². The monoisotopic (exact) mass is 299 g/mol. The number of benzene rings is 1. The van der Waals surface area contributed by atoms with Gasteiger partial charge in [0, 0.05) is 10.4 Å². The number of anilines is 1. The number of nitrogen functional groups attached to an aromatic ring is 1. The average Bonchev–Trinajstić information content (AvgIpc) is 3.01. The Kier molecular flexibility index (Phi) is 2.72. The first-order valence-corrected chi connectivity index (χ1v) is 7.79. The summed E-state index contributed by atoms with van der Waals surface area (Å²) in [7, 11) is 0. The summed E-state index contributed by atoms with van der Waals surface area (Å²) in [6, 6.07) is 4.65. The Hall–Kier alpha value is -2.01. The second kappa shape index (κ2) is 4.49. The first-order chi connectivity index (χ1) is 10.1. The number of aryl methyl sites for hydroxylation is 3. The summed E-state index contributed by atoms with van der Waals surface area (Å²) < 4.78 is 13.5. The van der Waals surface area contributed by atoms with Crippen LogP contribution in [0.4, 0.5) is 10.2 Å². The van der Waals surface area contributed by atoms with Crippen molar-refractivity contribution in [1.82, 2.24) is 9.97 Å². The summed E-state index contributed by atoms with van der Waals surface area (Å²) in [4.78, 5) is 11.4. The predicted octanol–water partition coefficient (Wildman–Crippen LogP) is 3.88. The van der Waals surface area contributed by atoms with Gasteiger partial charge in [-0.25, -0.2) is 14.4 Å². The Labute approximate surface area is 125 Å². The van der Waals surface area contributed by atoms with E-state index in [4.69, 9.17) is 5.73 Å². The van der Waals surface area contributed by atoms with Gasteiger partial charge in [-0.3, -0.25) is 0 Å². The van der Waals surface area contributed by atoms with E-state index in [-0.39, 0.29) is 5.82 Å². The first-order valence-electron chi connectivity index (χ1n) is 6.98. The summed E-state index contributed by atoms with van der Waals surface area (Å²) in [5.41, 5.74) is 9.13. The normalized spacial score (nSPS) is 13.8. The fraction of sp³-hybridized carbons (Fsp3) is 0.250. The van der Waals surface area contributed by atoms with Crippen LogP contribution in [0.5, 0.6) is 0 Å². The molecule has 0 spiro atoms. The lowest BCUT2D eigenvalue weighted by Gasteiger charge is -2.07. The quantitative estimate of drug-likeness (QED) is 0.742. The van der Waals surface area contributed by atoms with Crippen molar-refractivity contribution >= 4 is 27.4 Å². The molecule has 0 saturated heterocycles. The lowest BCUT2D eigenvalue weighted by molar-refractivity contribution is 0.628. The molecule has 1 aliphatic rings. The van der Waals surface area contributed by atoms with Gasteiger partial charge in [-0.1, -0.05) is 6.07 Å². The lowest BCUT2D eigenvalue weighted by atomic mass is 10.1. The lowest BCUT2D eigenvalue weighted by Crippen LogP contribution is -1.99. The van der Waals surface area contributed by atoms with Gasteiger partial charge in [-0.2, -0.15) is 0 Å². The van der Waals surface area contributed by atoms with E-state index < -0.39 is 0 Å². The molecule has 0 radical (unpaired) electrons. The van der Waals surface area contributed by atoms with Crippen molar-refractivity contribution in [3.63, 3.8) is 0 Å². The number of nitrogens with two attached hydrogens (primary N) is 1. The molecule has 0 amide bonds. The minimum absolute atomic E-state index is 0.286. The molecule has 2 aromatic heterocycles. The number of hydrogen-bond acceptors (Lipinski definition) is 4. The fourth-order valence-corrected chi connectivity index (χ4v) is 4.25. The Morgan fingerprint density at radius 3 is 2.95 bits per heavy atom. The maximum atomic E-state index is 13.5. The number of aromatic nitrogens is 2. The van der Waals surface area contributed by atoms with Crippen LogP contribution < -0.4 is 5.73 Å². The van der Waals surface area contributed by atoms with E-state index in [0.717, 1.165) is 28.6 Å². The van der Waals surface area contributed by atoms with Crippen LogP contribution in [-0.2, 0) is 12.8 Å². The van der Waals surface area contributed by atoms with Crippen molar-refractivity contribution in [2.45, 2.75) is 26.2 Å². The average molecular weight is 299 g/mol. The summed E-state index contributed by atoms with van der Waals surface area (Å²) in [6.45, 7) is 1.92. The Bertz CT molecular complexity index is 870. The molecule has 5 heteroatoms. The molecular weight excluding hydrogens is 285 g/mol. The van der Waals surface area contributed by atoms with Gasteiger partial charge < -0.3 is 5.73 Å². The molecule has 2 N–H and O–H groups in total. The molecule has 3 aromatic rings. The van der Waals surface area contributed by atoms with Crippen molar-refractivity contribution in [3.05, 3.63) is 40.0 Å². The van der Waals surface area contributed by atoms with E-state index in [1.807, 2.05) is 6.92 Å². The van der Waals surface area contributed by atoms with Crippen molar-refractivity contribution < 1.29 is 4.39 Å². The summed E-state index contributed by atoms with van der Waals surface area (Å²) in [6.07, 6.45) is 3.34. The van der Waals surface area contributed by atoms with Gasteiger partial charge in [0.1, 0.15) is 16.5 Å². The highest BCUT2D eigenvalue weighted by atomic mass is 32.1. The number of fused-ring (bicyclic) bond motifs is 3. The van der Waals surface area contributed by atoms with Gasteiger partial charge in [0.05, 0.1) is 5.39 Å². The van der Waals surface area contributed by atoms with Gasteiger partial charge in [0.2, 0.25) is 0 Å². The Balaban J connectivity index is 1.97. The summed E-state index contributed by atoms with van der Waals surface area (Å²) >= 11 is 1.69. The van der Waals surface area contributed by atoms with E-state index in [9.17, 15) is 4.39 Å². The number of hydrogen-bond donors (Lipinski definition) is 1. The Morgan fingerprint density at radius 1 is 1.24 bits per heavy atom. The molecule has 0 aliphatic heterocycles. The van der Waals surface area contributed by atoms with Gasteiger partial charge in [0.25, 0.3) is 0 Å². The molecule has 21 heavy (non-hydrogen) atoms. The maximum Gasteiger partial charge on any atom is 0.163 e. The predicted molar refractivity (Wildman–Crippen MR) is 84.0 cm³/mol. The minimum atomic E-state index is -0.286. The highest BCUT2D eigenvalue weighted by Crippen LogP contribution is 2.39. The molecule has 1 aliphatic carbocycles. The van der Waals surface area contributed by atoms with Crippen LogP contribution in [0, 0.1) is 12.7 Å². The zero-order valence-electron chi connectivity index (χ0n) is 11.6. The number of halogens is 1. The van der Waals surface area contributed by atoms with E-state index in [1.54, 1.807) is 17.4 Å². The third-order valence-electron chi connectivity index (χ3n) is 4.03. The van der Waals surface area contributed by atoms with E-state index >= 15 is 0 Å². The van der Waals surface area contributed by atoms with E-state index in [0.29, 0.717) is 17.2 Å². The molecule has 3 nitrogen and oxygen atoms in total. The van der Waals surface area contributed by atoms with Crippen molar-refractivity contribution in [3.8, 4) is 11.4 Å². The molecule has 0 bridgehead atoms. The first kappa shape index (κ1) is 12.7. The van der Waals surface area contributed by atoms with Crippen LogP contribution in [0.25, 0.3) is 21.6 Å². The second-order valence-corrected chi connectivity index (χ2v) is 6.51. The highest BCUT2D eigenvalue weighted by Gasteiger charge is 2.22. The maximum absolute atomic E-state index is 13.5. The van der Waals surface area contributed by atoms with Crippen molar-refractivity contribution in [2.24, 2.45) is 0 Å². The van der Waals surface area contributed by atoms with Crippen LogP contribution in [0.15, 0.2) is 18.2 Å².